The molecule has 4 rings (SSSR count). The number of para-hydroxylation sites is 1. The molecule has 1 heterocycles. The van der Waals surface area contributed by atoms with Crippen molar-refractivity contribution in [1.82, 2.24) is 4.98 Å². The molecule has 0 aliphatic heterocycles. The second kappa shape index (κ2) is 8.21. The molecule has 150 valence electrons. The Labute approximate surface area is 173 Å². The number of hydrogen-bond acceptors (Lipinski definition) is 4. The SMILES string of the molecule is CC(C(=O)Nc1ccccc1Cc1ocnc1C(=O)O)c1cccc2ccccc12. The summed E-state index contributed by atoms with van der Waals surface area (Å²) in [5.74, 6) is -1.42. The quantitative estimate of drug-likeness (QED) is 0.482. The summed E-state index contributed by atoms with van der Waals surface area (Å²) in [4.78, 5) is 28.1. The summed E-state index contributed by atoms with van der Waals surface area (Å²) >= 11 is 0. The number of anilines is 1. The lowest BCUT2D eigenvalue weighted by Gasteiger charge is -2.16. The molecule has 3 aromatic carbocycles. The van der Waals surface area contributed by atoms with Crippen molar-refractivity contribution in [3.63, 3.8) is 0 Å². The number of carbonyl (C=O) groups is 2. The summed E-state index contributed by atoms with van der Waals surface area (Å²) in [6.45, 7) is 1.87. The van der Waals surface area contributed by atoms with Crippen LogP contribution in [-0.4, -0.2) is 22.0 Å². The molecule has 0 aliphatic rings. The van der Waals surface area contributed by atoms with Crippen LogP contribution in [0.1, 0.15) is 40.2 Å². The van der Waals surface area contributed by atoms with Crippen LogP contribution in [0.5, 0.6) is 0 Å². The minimum Gasteiger partial charge on any atom is -0.476 e. The Hall–Kier alpha value is -3.93. The maximum Gasteiger partial charge on any atom is 0.358 e. The number of fused-ring (bicyclic) bond motifs is 1. The number of carboxylic acids is 1. The van der Waals surface area contributed by atoms with Crippen molar-refractivity contribution in [2.24, 2.45) is 0 Å². The van der Waals surface area contributed by atoms with E-state index < -0.39 is 5.97 Å². The van der Waals surface area contributed by atoms with Gasteiger partial charge in [-0.25, -0.2) is 9.78 Å². The molecule has 1 unspecified atom stereocenters. The highest BCUT2D eigenvalue weighted by molar-refractivity contribution is 5.99. The van der Waals surface area contributed by atoms with E-state index in [1.165, 1.54) is 0 Å². The minimum absolute atomic E-state index is 0.125. The van der Waals surface area contributed by atoms with Crippen LogP contribution in [0, 0.1) is 0 Å². The van der Waals surface area contributed by atoms with Gasteiger partial charge in [0.15, 0.2) is 12.1 Å². The van der Waals surface area contributed by atoms with Gasteiger partial charge in [-0.1, -0.05) is 60.7 Å². The summed E-state index contributed by atoms with van der Waals surface area (Å²) in [5, 5.41) is 14.4. The largest absolute Gasteiger partial charge is 0.476 e. The third-order valence-corrected chi connectivity index (χ3v) is 5.15. The smallest absolute Gasteiger partial charge is 0.358 e. The zero-order valence-corrected chi connectivity index (χ0v) is 16.3. The molecular formula is C24H20N2O4. The number of oxazole rings is 1. The van der Waals surface area contributed by atoms with Gasteiger partial charge in [-0.3, -0.25) is 4.79 Å². The molecule has 6 nitrogen and oxygen atoms in total. The lowest BCUT2D eigenvalue weighted by Crippen LogP contribution is -2.20. The Morgan fingerprint density at radius 1 is 1.03 bits per heavy atom. The fraction of sp³-hybridized carbons (Fsp3) is 0.125. The molecule has 6 heteroatoms. The van der Waals surface area contributed by atoms with Gasteiger partial charge in [-0.2, -0.15) is 0 Å². The van der Waals surface area contributed by atoms with E-state index in [-0.39, 0.29) is 29.7 Å². The zero-order valence-electron chi connectivity index (χ0n) is 16.3. The molecule has 0 saturated heterocycles. The van der Waals surface area contributed by atoms with E-state index >= 15 is 0 Å². The first kappa shape index (κ1) is 19.4. The van der Waals surface area contributed by atoms with E-state index in [0.717, 1.165) is 28.3 Å². The molecule has 30 heavy (non-hydrogen) atoms. The van der Waals surface area contributed by atoms with Crippen molar-refractivity contribution in [3.05, 3.63) is 95.7 Å². The van der Waals surface area contributed by atoms with Crippen molar-refractivity contribution in [3.8, 4) is 0 Å². The van der Waals surface area contributed by atoms with Gasteiger partial charge in [0, 0.05) is 12.1 Å². The Morgan fingerprint density at radius 2 is 1.77 bits per heavy atom. The van der Waals surface area contributed by atoms with Gasteiger partial charge < -0.3 is 14.8 Å². The predicted molar refractivity (Wildman–Crippen MR) is 114 cm³/mol. The van der Waals surface area contributed by atoms with Crippen LogP contribution in [0.2, 0.25) is 0 Å². The van der Waals surface area contributed by atoms with Crippen LogP contribution in [0.15, 0.2) is 77.5 Å². The van der Waals surface area contributed by atoms with E-state index in [1.54, 1.807) is 6.07 Å². The Bertz CT molecular complexity index is 1220. The second-order valence-electron chi connectivity index (χ2n) is 7.04. The molecule has 1 atom stereocenters. The predicted octanol–water partition coefficient (Wildman–Crippen LogP) is 4.86. The van der Waals surface area contributed by atoms with Crippen molar-refractivity contribution in [2.45, 2.75) is 19.3 Å². The molecule has 1 amide bonds. The summed E-state index contributed by atoms with van der Waals surface area (Å²) < 4.78 is 5.25. The zero-order chi connectivity index (χ0) is 21.1. The van der Waals surface area contributed by atoms with Crippen molar-refractivity contribution < 1.29 is 19.1 Å². The molecule has 0 fully saturated rings. The fourth-order valence-corrected chi connectivity index (χ4v) is 3.55. The topological polar surface area (TPSA) is 92.4 Å². The molecule has 0 bridgehead atoms. The second-order valence-corrected chi connectivity index (χ2v) is 7.04. The van der Waals surface area contributed by atoms with Crippen LogP contribution in [0.25, 0.3) is 10.8 Å². The summed E-state index contributed by atoms with van der Waals surface area (Å²) in [7, 11) is 0. The first-order valence-corrected chi connectivity index (χ1v) is 9.56. The van der Waals surface area contributed by atoms with Crippen LogP contribution in [0.4, 0.5) is 5.69 Å². The van der Waals surface area contributed by atoms with Gasteiger partial charge in [0.05, 0.1) is 5.92 Å². The van der Waals surface area contributed by atoms with E-state index in [1.807, 2.05) is 67.6 Å². The fourth-order valence-electron chi connectivity index (χ4n) is 3.55. The maximum absolute atomic E-state index is 13.0. The molecule has 4 aromatic rings. The standard InChI is InChI=1S/C24H20N2O4/c1-15(18-11-6-9-16-7-2-4-10-19(16)18)23(27)26-20-12-5-3-8-17(20)13-21-22(24(28)29)25-14-30-21/h2-12,14-15H,13H2,1H3,(H,26,27)(H,28,29). The van der Waals surface area contributed by atoms with Crippen LogP contribution in [-0.2, 0) is 11.2 Å². The van der Waals surface area contributed by atoms with Crippen molar-refractivity contribution in [2.75, 3.05) is 5.32 Å². The third kappa shape index (κ3) is 3.80. The number of carbonyl (C=O) groups excluding carboxylic acids is 1. The Balaban J connectivity index is 1.59. The number of rotatable bonds is 6. The van der Waals surface area contributed by atoms with E-state index in [4.69, 9.17) is 4.42 Å². The van der Waals surface area contributed by atoms with Gasteiger partial charge in [-0.05, 0) is 34.9 Å². The molecule has 0 spiro atoms. The third-order valence-electron chi connectivity index (χ3n) is 5.15. The number of benzene rings is 3. The highest BCUT2D eigenvalue weighted by Gasteiger charge is 2.20. The van der Waals surface area contributed by atoms with Gasteiger partial charge in [0.25, 0.3) is 0 Å². The maximum atomic E-state index is 13.0. The van der Waals surface area contributed by atoms with Gasteiger partial charge >= 0.3 is 5.97 Å². The van der Waals surface area contributed by atoms with E-state index in [2.05, 4.69) is 10.3 Å². The van der Waals surface area contributed by atoms with Gasteiger partial charge in [-0.15, -0.1) is 0 Å². The van der Waals surface area contributed by atoms with Gasteiger partial charge in [0.2, 0.25) is 5.91 Å². The average molecular weight is 400 g/mol. The number of aromatic carboxylic acids is 1. The monoisotopic (exact) mass is 400 g/mol. The lowest BCUT2D eigenvalue weighted by molar-refractivity contribution is -0.117. The molecule has 0 aliphatic carbocycles. The van der Waals surface area contributed by atoms with Crippen molar-refractivity contribution >= 4 is 28.3 Å². The number of nitrogens with one attached hydrogen (secondary N) is 1. The van der Waals surface area contributed by atoms with E-state index in [0.29, 0.717) is 5.69 Å². The Morgan fingerprint density at radius 3 is 2.60 bits per heavy atom. The minimum atomic E-state index is -1.15. The highest BCUT2D eigenvalue weighted by atomic mass is 16.4. The van der Waals surface area contributed by atoms with Crippen LogP contribution < -0.4 is 5.32 Å². The first-order valence-electron chi connectivity index (χ1n) is 9.56. The number of aromatic nitrogens is 1. The normalized spacial score (nSPS) is 11.9. The lowest BCUT2D eigenvalue weighted by atomic mass is 9.94. The summed E-state index contributed by atoms with van der Waals surface area (Å²) in [6.07, 6.45) is 1.32. The number of amides is 1. The van der Waals surface area contributed by atoms with Gasteiger partial charge in [0.1, 0.15) is 5.76 Å². The number of hydrogen-bond donors (Lipinski definition) is 2. The summed E-state index contributed by atoms with van der Waals surface area (Å²) in [6, 6.07) is 21.2. The molecule has 1 aromatic heterocycles. The Kier molecular flexibility index (Phi) is 5.30. The molecule has 2 N–H and O–H groups in total. The van der Waals surface area contributed by atoms with Crippen LogP contribution in [0.3, 0.4) is 0 Å². The van der Waals surface area contributed by atoms with E-state index in [9.17, 15) is 14.7 Å². The molecular weight excluding hydrogens is 380 g/mol. The number of nitrogens with zero attached hydrogens (tertiary/aromatic N) is 1. The highest BCUT2D eigenvalue weighted by Crippen LogP contribution is 2.28. The first-order chi connectivity index (χ1) is 14.5. The molecule has 0 saturated carbocycles. The summed E-state index contributed by atoms with van der Waals surface area (Å²) in [5.41, 5.74) is 2.18. The van der Waals surface area contributed by atoms with Crippen LogP contribution >= 0.6 is 0 Å². The average Bonchev–Trinajstić information content (AvgIpc) is 3.22. The molecule has 0 radical (unpaired) electrons. The van der Waals surface area contributed by atoms with Crippen molar-refractivity contribution in [1.29, 1.82) is 0 Å². The number of carboxylic acid groups (broad SMARTS) is 1.